The minimum absolute atomic E-state index is 0.300. The van der Waals surface area contributed by atoms with Crippen molar-refractivity contribution in [3.05, 3.63) is 47.8 Å². The Balaban J connectivity index is 2.39. The largest absolute Gasteiger partial charge is 0.381 e. The van der Waals surface area contributed by atoms with Gasteiger partial charge in [0.1, 0.15) is 11.4 Å². The fourth-order valence-electron chi connectivity index (χ4n) is 1.66. The summed E-state index contributed by atoms with van der Waals surface area (Å²) >= 11 is 0. The van der Waals surface area contributed by atoms with Crippen molar-refractivity contribution in [2.45, 2.75) is 18.4 Å². The highest BCUT2D eigenvalue weighted by Crippen LogP contribution is 2.33. The van der Waals surface area contributed by atoms with Gasteiger partial charge in [0.2, 0.25) is 0 Å². The molecule has 0 bridgehead atoms. The number of aliphatic hydroxyl groups is 1. The van der Waals surface area contributed by atoms with Crippen LogP contribution in [0.15, 0.2) is 36.4 Å². The summed E-state index contributed by atoms with van der Waals surface area (Å²) in [6, 6.07) is 6.13. The zero-order chi connectivity index (χ0) is 9.31. The molecule has 0 radical (unpaired) electrons. The van der Waals surface area contributed by atoms with Gasteiger partial charge in [-0.2, -0.15) is 0 Å². The third-order valence-corrected chi connectivity index (χ3v) is 2.41. The molecular weight excluding hydrogens is 167 g/mol. The number of hydrogen-bond acceptors (Lipinski definition) is 1. The van der Waals surface area contributed by atoms with Crippen molar-refractivity contribution in [3.63, 3.8) is 0 Å². The molecular formula is C11H11FO. The molecule has 1 nitrogen and oxygen atoms in total. The van der Waals surface area contributed by atoms with Gasteiger partial charge in [0.15, 0.2) is 0 Å². The summed E-state index contributed by atoms with van der Waals surface area (Å²) in [4.78, 5) is 0. The van der Waals surface area contributed by atoms with E-state index in [1.54, 1.807) is 18.2 Å². The van der Waals surface area contributed by atoms with Crippen molar-refractivity contribution in [2.75, 3.05) is 0 Å². The van der Waals surface area contributed by atoms with Gasteiger partial charge in [-0.15, -0.1) is 0 Å². The Bertz CT molecular complexity index is 346. The number of hydrogen-bond donors (Lipinski definition) is 1. The van der Waals surface area contributed by atoms with E-state index in [0.29, 0.717) is 12.0 Å². The lowest BCUT2D eigenvalue weighted by atomic mass is 9.93. The first-order valence-electron chi connectivity index (χ1n) is 4.37. The van der Waals surface area contributed by atoms with Gasteiger partial charge < -0.3 is 5.11 Å². The van der Waals surface area contributed by atoms with Gasteiger partial charge in [0.25, 0.3) is 0 Å². The van der Waals surface area contributed by atoms with E-state index in [1.807, 2.05) is 6.08 Å². The van der Waals surface area contributed by atoms with Gasteiger partial charge >= 0.3 is 0 Å². The molecule has 1 aromatic rings. The standard InChI is InChI=1S/C11H11FO/c12-10-5-3-4-9(8-10)11(13)6-1-2-7-11/h1,3-6,8,13H,2,7H2. The predicted octanol–water partition coefficient (Wildman–Crippen LogP) is 2.36. The van der Waals surface area contributed by atoms with E-state index in [-0.39, 0.29) is 5.82 Å². The summed E-state index contributed by atoms with van der Waals surface area (Å²) in [5.41, 5.74) is -0.302. The van der Waals surface area contributed by atoms with Crippen LogP contribution in [0.25, 0.3) is 0 Å². The molecule has 0 aromatic heterocycles. The van der Waals surface area contributed by atoms with Gasteiger partial charge in [0, 0.05) is 0 Å². The van der Waals surface area contributed by atoms with Crippen LogP contribution in [0, 0.1) is 5.82 Å². The number of halogens is 1. The molecule has 13 heavy (non-hydrogen) atoms. The molecule has 1 unspecified atom stereocenters. The Kier molecular flexibility index (Phi) is 1.93. The minimum Gasteiger partial charge on any atom is -0.381 e. The second kappa shape index (κ2) is 2.96. The molecule has 1 aliphatic rings. The van der Waals surface area contributed by atoms with Gasteiger partial charge in [0.05, 0.1) is 0 Å². The van der Waals surface area contributed by atoms with E-state index in [0.717, 1.165) is 6.42 Å². The molecule has 68 valence electrons. The average molecular weight is 178 g/mol. The van der Waals surface area contributed by atoms with Gasteiger partial charge in [-0.1, -0.05) is 24.3 Å². The highest BCUT2D eigenvalue weighted by molar-refractivity contribution is 5.30. The highest BCUT2D eigenvalue weighted by Gasteiger charge is 2.28. The average Bonchev–Trinajstić information content (AvgIpc) is 2.54. The molecule has 0 heterocycles. The highest BCUT2D eigenvalue weighted by atomic mass is 19.1. The molecule has 0 fully saturated rings. The molecule has 1 aliphatic carbocycles. The van der Waals surface area contributed by atoms with Crippen LogP contribution in [0.1, 0.15) is 18.4 Å². The monoisotopic (exact) mass is 178 g/mol. The van der Waals surface area contributed by atoms with Gasteiger partial charge in [-0.3, -0.25) is 0 Å². The fourth-order valence-corrected chi connectivity index (χ4v) is 1.66. The molecule has 1 N–H and O–H groups in total. The van der Waals surface area contributed by atoms with Crippen molar-refractivity contribution in [1.29, 1.82) is 0 Å². The van der Waals surface area contributed by atoms with Crippen molar-refractivity contribution >= 4 is 0 Å². The normalized spacial score (nSPS) is 26.6. The Morgan fingerprint density at radius 2 is 2.23 bits per heavy atom. The Morgan fingerprint density at radius 3 is 2.85 bits per heavy atom. The van der Waals surface area contributed by atoms with Gasteiger partial charge in [-0.25, -0.2) is 4.39 Å². The summed E-state index contributed by atoms with van der Waals surface area (Å²) in [5.74, 6) is -0.300. The molecule has 0 saturated heterocycles. The second-order valence-corrected chi connectivity index (χ2v) is 3.38. The lowest BCUT2D eigenvalue weighted by Gasteiger charge is -2.20. The third-order valence-electron chi connectivity index (χ3n) is 2.41. The first kappa shape index (κ1) is 8.45. The topological polar surface area (TPSA) is 20.2 Å². The van der Waals surface area contributed by atoms with E-state index >= 15 is 0 Å². The Morgan fingerprint density at radius 1 is 1.38 bits per heavy atom. The first-order valence-corrected chi connectivity index (χ1v) is 4.37. The summed E-state index contributed by atoms with van der Waals surface area (Å²) in [6.07, 6.45) is 5.16. The Hall–Kier alpha value is -1.15. The molecule has 1 aromatic carbocycles. The van der Waals surface area contributed by atoms with E-state index in [2.05, 4.69) is 0 Å². The van der Waals surface area contributed by atoms with Crippen molar-refractivity contribution in [1.82, 2.24) is 0 Å². The molecule has 0 spiro atoms. The van der Waals surface area contributed by atoms with Crippen LogP contribution in [0.4, 0.5) is 4.39 Å². The Labute approximate surface area is 76.5 Å². The maximum Gasteiger partial charge on any atom is 0.123 e. The predicted molar refractivity (Wildman–Crippen MR) is 48.7 cm³/mol. The number of benzene rings is 1. The maximum atomic E-state index is 12.9. The lowest BCUT2D eigenvalue weighted by Crippen LogP contribution is -2.19. The quantitative estimate of drug-likeness (QED) is 0.654. The minimum atomic E-state index is -0.942. The zero-order valence-electron chi connectivity index (χ0n) is 7.20. The molecule has 1 atom stereocenters. The molecule has 0 aliphatic heterocycles. The SMILES string of the molecule is OC1(c2cccc(F)c2)C=CCC1. The van der Waals surface area contributed by atoms with E-state index in [4.69, 9.17) is 0 Å². The van der Waals surface area contributed by atoms with Crippen LogP contribution < -0.4 is 0 Å². The van der Waals surface area contributed by atoms with Crippen LogP contribution in [-0.2, 0) is 5.60 Å². The van der Waals surface area contributed by atoms with E-state index < -0.39 is 5.60 Å². The van der Waals surface area contributed by atoms with Crippen LogP contribution in [-0.4, -0.2) is 5.11 Å². The summed E-state index contributed by atoms with van der Waals surface area (Å²) in [7, 11) is 0. The lowest BCUT2D eigenvalue weighted by molar-refractivity contribution is 0.0891. The summed E-state index contributed by atoms with van der Waals surface area (Å²) in [5, 5.41) is 10.0. The molecule has 0 amide bonds. The third kappa shape index (κ3) is 1.49. The zero-order valence-corrected chi connectivity index (χ0v) is 7.20. The number of allylic oxidation sites excluding steroid dienone is 1. The molecule has 0 saturated carbocycles. The fraction of sp³-hybridized carbons (Fsp3) is 0.273. The van der Waals surface area contributed by atoms with Crippen molar-refractivity contribution in [2.24, 2.45) is 0 Å². The number of rotatable bonds is 1. The van der Waals surface area contributed by atoms with Crippen LogP contribution in [0.5, 0.6) is 0 Å². The maximum absolute atomic E-state index is 12.9. The van der Waals surface area contributed by atoms with E-state index in [1.165, 1.54) is 12.1 Å². The molecule has 2 heteroatoms. The van der Waals surface area contributed by atoms with Crippen molar-refractivity contribution in [3.8, 4) is 0 Å². The van der Waals surface area contributed by atoms with Crippen LogP contribution >= 0.6 is 0 Å². The summed E-state index contributed by atoms with van der Waals surface area (Å²) in [6.45, 7) is 0. The van der Waals surface area contributed by atoms with Crippen LogP contribution in [0.2, 0.25) is 0 Å². The van der Waals surface area contributed by atoms with Gasteiger partial charge in [-0.05, 0) is 30.5 Å². The smallest absolute Gasteiger partial charge is 0.123 e. The first-order chi connectivity index (χ1) is 6.21. The van der Waals surface area contributed by atoms with Crippen molar-refractivity contribution < 1.29 is 9.50 Å². The summed E-state index contributed by atoms with van der Waals surface area (Å²) < 4.78 is 12.9. The molecule has 2 rings (SSSR count). The van der Waals surface area contributed by atoms with E-state index in [9.17, 15) is 9.50 Å². The van der Waals surface area contributed by atoms with Crippen LogP contribution in [0.3, 0.4) is 0 Å². The second-order valence-electron chi connectivity index (χ2n) is 3.38.